The monoisotopic (exact) mass is 334 g/mol. The molecule has 2 N–H and O–H groups in total. The molecule has 1 fully saturated rings. The van der Waals surface area contributed by atoms with Crippen LogP contribution >= 0.6 is 0 Å². The number of hydrogen-bond donors (Lipinski definition) is 2. The van der Waals surface area contributed by atoms with Crippen molar-refractivity contribution < 1.29 is 19.7 Å². The standard InChI is InChI=1S/C20H30O4/c1-12-6-5-10-19(3,23)15-9-11-20(4,24-15)16-17(21)13(2)14(8-7-12)18(16)22/h6,15-17,21,23H,5,7-11H2,1-4H3/t15-,16+,17+,19-,20+/m1/s1. The summed E-state index contributed by atoms with van der Waals surface area (Å²) in [5.74, 6) is -0.506. The normalized spacial score (nSPS) is 44.0. The zero-order valence-corrected chi connectivity index (χ0v) is 15.3. The van der Waals surface area contributed by atoms with E-state index in [-0.39, 0.29) is 11.9 Å². The molecule has 0 amide bonds. The summed E-state index contributed by atoms with van der Waals surface area (Å²) in [7, 11) is 0. The molecule has 0 aromatic carbocycles. The molecule has 0 spiro atoms. The van der Waals surface area contributed by atoms with E-state index in [1.165, 1.54) is 5.57 Å². The van der Waals surface area contributed by atoms with Crippen LogP contribution in [0.4, 0.5) is 0 Å². The summed E-state index contributed by atoms with van der Waals surface area (Å²) in [5.41, 5.74) is 1.19. The van der Waals surface area contributed by atoms with E-state index >= 15 is 0 Å². The minimum absolute atomic E-state index is 0.0369. The zero-order valence-electron chi connectivity index (χ0n) is 15.3. The first kappa shape index (κ1) is 17.8. The molecule has 24 heavy (non-hydrogen) atoms. The van der Waals surface area contributed by atoms with Crippen LogP contribution in [-0.2, 0) is 9.53 Å². The molecule has 0 radical (unpaired) electrons. The van der Waals surface area contributed by atoms with Gasteiger partial charge in [0.1, 0.15) is 0 Å². The van der Waals surface area contributed by atoms with E-state index in [1.807, 2.05) is 20.8 Å². The molecular formula is C20H30O4. The number of aliphatic hydroxyl groups excluding tert-OH is 1. The van der Waals surface area contributed by atoms with Crippen LogP contribution in [0.2, 0.25) is 0 Å². The molecule has 134 valence electrons. The number of hydrogen-bond acceptors (Lipinski definition) is 4. The van der Waals surface area contributed by atoms with Crippen LogP contribution in [-0.4, -0.2) is 39.4 Å². The van der Waals surface area contributed by atoms with Crippen molar-refractivity contribution in [3.63, 3.8) is 0 Å². The molecule has 4 heteroatoms. The summed E-state index contributed by atoms with van der Waals surface area (Å²) in [6, 6.07) is 0. The van der Waals surface area contributed by atoms with E-state index in [0.717, 1.165) is 30.4 Å². The van der Waals surface area contributed by atoms with Crippen LogP contribution < -0.4 is 0 Å². The maximum Gasteiger partial charge on any atom is 0.167 e. The molecule has 1 aliphatic carbocycles. The quantitative estimate of drug-likeness (QED) is 0.668. The molecule has 3 aliphatic rings. The molecule has 1 saturated heterocycles. The summed E-state index contributed by atoms with van der Waals surface area (Å²) in [5, 5.41) is 21.6. The van der Waals surface area contributed by atoms with Gasteiger partial charge in [-0.25, -0.2) is 0 Å². The Bertz CT molecular complexity index is 601. The third kappa shape index (κ3) is 2.89. The second kappa shape index (κ2) is 6.08. The summed E-state index contributed by atoms with van der Waals surface area (Å²) in [4.78, 5) is 13.0. The number of aliphatic hydroxyl groups is 2. The van der Waals surface area contributed by atoms with Crippen LogP contribution in [0.1, 0.15) is 66.2 Å². The van der Waals surface area contributed by atoms with Crippen molar-refractivity contribution in [1.82, 2.24) is 0 Å². The van der Waals surface area contributed by atoms with E-state index in [0.29, 0.717) is 19.3 Å². The van der Waals surface area contributed by atoms with Gasteiger partial charge in [-0.15, -0.1) is 0 Å². The Morgan fingerprint density at radius 1 is 1.21 bits per heavy atom. The molecule has 4 bridgehead atoms. The van der Waals surface area contributed by atoms with Gasteiger partial charge in [0.15, 0.2) is 5.78 Å². The van der Waals surface area contributed by atoms with Gasteiger partial charge in [-0.3, -0.25) is 4.79 Å². The molecule has 2 heterocycles. The first-order valence-electron chi connectivity index (χ1n) is 9.13. The second-order valence-electron chi connectivity index (χ2n) is 8.35. The molecule has 0 unspecified atom stereocenters. The van der Waals surface area contributed by atoms with Gasteiger partial charge < -0.3 is 14.9 Å². The molecule has 2 aliphatic heterocycles. The third-order valence-corrected chi connectivity index (χ3v) is 6.39. The highest BCUT2D eigenvalue weighted by molar-refractivity contribution is 6.02. The molecule has 0 aromatic rings. The number of ketones is 1. The Morgan fingerprint density at radius 3 is 2.62 bits per heavy atom. The van der Waals surface area contributed by atoms with Crippen molar-refractivity contribution in [1.29, 1.82) is 0 Å². The van der Waals surface area contributed by atoms with Gasteiger partial charge in [0, 0.05) is 0 Å². The number of allylic oxidation sites excluding steroid dienone is 3. The Hall–Kier alpha value is -0.970. The molecule has 0 aromatic heterocycles. The molecular weight excluding hydrogens is 304 g/mol. The fourth-order valence-electron chi connectivity index (χ4n) is 4.61. The fraction of sp³-hybridized carbons (Fsp3) is 0.750. The SMILES string of the molecule is CC1=CCC[C@@](C)(O)[C@H]2CC[C@](C)(O2)[C@@H]2C(=O)C(=C(C)[C@@H]2O)CC1. The zero-order chi connectivity index (χ0) is 17.7. The molecule has 0 saturated carbocycles. The minimum Gasteiger partial charge on any atom is -0.388 e. The predicted octanol–water partition coefficient (Wildman–Crippen LogP) is 3.07. The fourth-order valence-corrected chi connectivity index (χ4v) is 4.61. The smallest absolute Gasteiger partial charge is 0.167 e. The Labute approximate surface area is 144 Å². The molecule has 4 nitrogen and oxygen atoms in total. The lowest BCUT2D eigenvalue weighted by Crippen LogP contribution is -2.47. The lowest BCUT2D eigenvalue weighted by molar-refractivity contribution is -0.160. The largest absolute Gasteiger partial charge is 0.388 e. The highest BCUT2D eigenvalue weighted by Gasteiger charge is 2.55. The highest BCUT2D eigenvalue weighted by atomic mass is 16.5. The number of ether oxygens (including phenoxy) is 1. The van der Waals surface area contributed by atoms with Crippen molar-refractivity contribution >= 4 is 5.78 Å². The van der Waals surface area contributed by atoms with Gasteiger partial charge in [-0.1, -0.05) is 11.6 Å². The Balaban J connectivity index is 1.98. The number of Topliss-reactive ketones (excluding diaryl/α,β-unsaturated/α-hetero) is 1. The maximum atomic E-state index is 13.0. The topological polar surface area (TPSA) is 66.8 Å². The van der Waals surface area contributed by atoms with Crippen molar-refractivity contribution in [2.75, 3.05) is 0 Å². The molecule has 5 atom stereocenters. The van der Waals surface area contributed by atoms with Gasteiger partial charge in [0.2, 0.25) is 0 Å². The van der Waals surface area contributed by atoms with Crippen LogP contribution in [0.15, 0.2) is 22.8 Å². The molecule has 3 rings (SSSR count). The number of carbonyl (C=O) groups excluding carboxylic acids is 1. The lowest BCUT2D eigenvalue weighted by Gasteiger charge is -2.36. The maximum absolute atomic E-state index is 13.0. The Kier molecular flexibility index (Phi) is 4.52. The number of rotatable bonds is 0. The van der Waals surface area contributed by atoms with E-state index in [2.05, 4.69) is 13.0 Å². The second-order valence-corrected chi connectivity index (χ2v) is 8.35. The summed E-state index contributed by atoms with van der Waals surface area (Å²) >= 11 is 0. The van der Waals surface area contributed by atoms with E-state index in [9.17, 15) is 15.0 Å². The third-order valence-electron chi connectivity index (χ3n) is 6.39. The lowest BCUT2D eigenvalue weighted by atomic mass is 9.81. The van der Waals surface area contributed by atoms with E-state index in [1.54, 1.807) is 0 Å². The van der Waals surface area contributed by atoms with Crippen molar-refractivity contribution in [3.05, 3.63) is 22.8 Å². The van der Waals surface area contributed by atoms with Gasteiger partial charge in [0.25, 0.3) is 0 Å². The summed E-state index contributed by atoms with van der Waals surface area (Å²) in [6.45, 7) is 7.69. The van der Waals surface area contributed by atoms with E-state index in [4.69, 9.17) is 4.74 Å². The first-order valence-corrected chi connectivity index (χ1v) is 9.13. The van der Waals surface area contributed by atoms with Crippen molar-refractivity contribution in [3.8, 4) is 0 Å². The summed E-state index contributed by atoms with van der Waals surface area (Å²) < 4.78 is 6.25. The van der Waals surface area contributed by atoms with Crippen LogP contribution in [0.5, 0.6) is 0 Å². The predicted molar refractivity (Wildman–Crippen MR) is 92.6 cm³/mol. The van der Waals surface area contributed by atoms with Gasteiger partial charge >= 0.3 is 0 Å². The first-order chi connectivity index (χ1) is 11.2. The van der Waals surface area contributed by atoms with Gasteiger partial charge in [-0.05, 0) is 77.4 Å². The average Bonchev–Trinajstić information content (AvgIpc) is 2.98. The van der Waals surface area contributed by atoms with Crippen molar-refractivity contribution in [2.24, 2.45) is 5.92 Å². The Morgan fingerprint density at radius 2 is 1.92 bits per heavy atom. The van der Waals surface area contributed by atoms with E-state index < -0.39 is 23.2 Å². The van der Waals surface area contributed by atoms with Crippen LogP contribution in [0, 0.1) is 5.92 Å². The highest BCUT2D eigenvalue weighted by Crippen LogP contribution is 2.47. The van der Waals surface area contributed by atoms with Crippen LogP contribution in [0.3, 0.4) is 0 Å². The van der Waals surface area contributed by atoms with Crippen molar-refractivity contribution in [2.45, 2.75) is 89.6 Å². The summed E-state index contributed by atoms with van der Waals surface area (Å²) in [6.07, 6.45) is 5.46. The van der Waals surface area contributed by atoms with Gasteiger partial charge in [0.05, 0.1) is 29.3 Å². The number of fused-ring (bicyclic) bond motifs is 5. The average molecular weight is 334 g/mol. The number of carbonyl (C=O) groups is 1. The minimum atomic E-state index is -0.916. The van der Waals surface area contributed by atoms with Crippen LogP contribution in [0.25, 0.3) is 0 Å². The van der Waals surface area contributed by atoms with Gasteiger partial charge in [-0.2, -0.15) is 0 Å².